The van der Waals surface area contributed by atoms with Crippen molar-refractivity contribution in [3.8, 4) is 0 Å². The average Bonchev–Trinajstić information content (AvgIpc) is 3.07. The Morgan fingerprint density at radius 2 is 2.30 bits per heavy atom. The fraction of sp³-hybridized carbons (Fsp3) is 0.143. The van der Waals surface area contributed by atoms with Crippen LogP contribution in [-0.2, 0) is 6.54 Å². The van der Waals surface area contributed by atoms with Crippen molar-refractivity contribution < 1.29 is 4.79 Å². The number of anilines is 1. The maximum absolute atomic E-state index is 12.5. The van der Waals surface area contributed by atoms with E-state index < -0.39 is 0 Å². The SMILES string of the molecule is CN(Cc1ccsc1)C(=O)c1sc2cccnc2c1N. The molecule has 3 aromatic rings. The number of thiophene rings is 2. The lowest BCUT2D eigenvalue weighted by Gasteiger charge is -2.15. The number of pyridine rings is 1. The molecule has 0 aliphatic rings. The molecule has 0 radical (unpaired) electrons. The van der Waals surface area contributed by atoms with E-state index in [4.69, 9.17) is 5.73 Å². The van der Waals surface area contributed by atoms with Crippen LogP contribution < -0.4 is 5.73 Å². The number of carbonyl (C=O) groups excluding carboxylic acids is 1. The molecule has 102 valence electrons. The van der Waals surface area contributed by atoms with Crippen molar-refractivity contribution in [1.82, 2.24) is 9.88 Å². The van der Waals surface area contributed by atoms with Crippen molar-refractivity contribution in [3.05, 3.63) is 45.6 Å². The van der Waals surface area contributed by atoms with E-state index in [-0.39, 0.29) is 5.91 Å². The van der Waals surface area contributed by atoms with Crippen LogP contribution in [0.25, 0.3) is 10.2 Å². The van der Waals surface area contributed by atoms with Gasteiger partial charge in [0.2, 0.25) is 0 Å². The van der Waals surface area contributed by atoms with Crippen LogP contribution in [0.3, 0.4) is 0 Å². The van der Waals surface area contributed by atoms with E-state index in [1.165, 1.54) is 11.3 Å². The highest BCUT2D eigenvalue weighted by Crippen LogP contribution is 2.32. The van der Waals surface area contributed by atoms with Crippen LogP contribution in [0, 0.1) is 0 Å². The van der Waals surface area contributed by atoms with E-state index in [2.05, 4.69) is 4.98 Å². The van der Waals surface area contributed by atoms with Crippen molar-refractivity contribution in [2.24, 2.45) is 0 Å². The van der Waals surface area contributed by atoms with Gasteiger partial charge in [-0.25, -0.2) is 0 Å². The summed E-state index contributed by atoms with van der Waals surface area (Å²) >= 11 is 3.02. The van der Waals surface area contributed by atoms with E-state index in [1.807, 2.05) is 29.0 Å². The molecule has 0 fully saturated rings. The topological polar surface area (TPSA) is 59.2 Å². The molecular formula is C14H13N3OS2. The minimum atomic E-state index is -0.0586. The summed E-state index contributed by atoms with van der Waals surface area (Å²) in [6, 6.07) is 5.80. The molecular weight excluding hydrogens is 290 g/mol. The molecule has 0 bridgehead atoms. The van der Waals surface area contributed by atoms with Gasteiger partial charge in [0.1, 0.15) is 10.4 Å². The summed E-state index contributed by atoms with van der Waals surface area (Å²) < 4.78 is 0.942. The molecule has 0 saturated carbocycles. The van der Waals surface area contributed by atoms with Crippen LogP contribution in [0.2, 0.25) is 0 Å². The Morgan fingerprint density at radius 3 is 3.00 bits per heavy atom. The first-order valence-corrected chi connectivity index (χ1v) is 7.82. The summed E-state index contributed by atoms with van der Waals surface area (Å²) in [7, 11) is 1.79. The lowest BCUT2D eigenvalue weighted by Crippen LogP contribution is -2.25. The minimum Gasteiger partial charge on any atom is -0.396 e. The first-order valence-electron chi connectivity index (χ1n) is 6.06. The molecule has 3 heterocycles. The summed E-state index contributed by atoms with van der Waals surface area (Å²) in [6.45, 7) is 0.587. The summed E-state index contributed by atoms with van der Waals surface area (Å²) in [5.74, 6) is -0.0586. The molecule has 0 unspecified atom stereocenters. The second-order valence-corrected chi connectivity index (χ2v) is 6.32. The maximum Gasteiger partial charge on any atom is 0.266 e. The van der Waals surface area contributed by atoms with E-state index >= 15 is 0 Å². The number of aromatic nitrogens is 1. The number of hydrogen-bond donors (Lipinski definition) is 1. The van der Waals surface area contributed by atoms with Gasteiger partial charge in [-0.05, 0) is 34.5 Å². The highest BCUT2D eigenvalue weighted by Gasteiger charge is 2.20. The second-order valence-electron chi connectivity index (χ2n) is 4.49. The summed E-state index contributed by atoms with van der Waals surface area (Å²) in [5.41, 5.74) is 8.37. The lowest BCUT2D eigenvalue weighted by molar-refractivity contribution is 0.0791. The van der Waals surface area contributed by atoms with Gasteiger partial charge in [-0.3, -0.25) is 9.78 Å². The zero-order chi connectivity index (χ0) is 14.1. The summed E-state index contributed by atoms with van der Waals surface area (Å²) in [4.78, 5) is 19.0. The zero-order valence-electron chi connectivity index (χ0n) is 10.9. The van der Waals surface area contributed by atoms with E-state index in [0.717, 1.165) is 10.3 Å². The van der Waals surface area contributed by atoms with Gasteiger partial charge in [0, 0.05) is 19.8 Å². The molecule has 0 aliphatic heterocycles. The van der Waals surface area contributed by atoms with Crippen LogP contribution in [0.4, 0.5) is 5.69 Å². The third kappa shape index (κ3) is 2.28. The number of nitrogens with two attached hydrogens (primary N) is 1. The lowest BCUT2D eigenvalue weighted by atomic mass is 10.2. The number of amides is 1. The minimum absolute atomic E-state index is 0.0586. The standard InChI is InChI=1S/C14H13N3OS2/c1-17(7-9-4-6-19-8-9)14(18)13-11(15)12-10(20-13)3-2-5-16-12/h2-6,8H,7,15H2,1H3. The second kappa shape index (κ2) is 5.22. The van der Waals surface area contributed by atoms with Gasteiger partial charge in [-0.2, -0.15) is 11.3 Å². The van der Waals surface area contributed by atoms with Gasteiger partial charge in [-0.1, -0.05) is 0 Å². The summed E-state index contributed by atoms with van der Waals surface area (Å²) in [5, 5.41) is 4.05. The quantitative estimate of drug-likeness (QED) is 0.808. The number of fused-ring (bicyclic) bond motifs is 1. The van der Waals surface area contributed by atoms with E-state index in [0.29, 0.717) is 22.6 Å². The first-order chi connectivity index (χ1) is 9.66. The number of carbonyl (C=O) groups is 1. The van der Waals surface area contributed by atoms with Crippen LogP contribution in [0.15, 0.2) is 35.2 Å². The molecule has 0 aromatic carbocycles. The first kappa shape index (κ1) is 13.1. The summed E-state index contributed by atoms with van der Waals surface area (Å²) in [6.07, 6.45) is 1.69. The molecule has 3 aromatic heterocycles. The van der Waals surface area contributed by atoms with Crippen LogP contribution in [0.1, 0.15) is 15.2 Å². The average molecular weight is 303 g/mol. The predicted molar refractivity (Wildman–Crippen MR) is 84.1 cm³/mol. The Morgan fingerprint density at radius 1 is 1.45 bits per heavy atom. The Hall–Kier alpha value is -1.92. The van der Waals surface area contributed by atoms with Gasteiger partial charge in [0.25, 0.3) is 5.91 Å². The van der Waals surface area contributed by atoms with Gasteiger partial charge >= 0.3 is 0 Å². The molecule has 0 atom stereocenters. The number of hydrogen-bond acceptors (Lipinski definition) is 5. The molecule has 20 heavy (non-hydrogen) atoms. The third-order valence-corrected chi connectivity index (χ3v) is 4.90. The largest absolute Gasteiger partial charge is 0.396 e. The number of nitrogens with zero attached hydrogens (tertiary/aromatic N) is 2. The predicted octanol–water partition coefficient (Wildman–Crippen LogP) is 3.21. The molecule has 4 nitrogen and oxygen atoms in total. The molecule has 2 N–H and O–H groups in total. The highest BCUT2D eigenvalue weighted by atomic mass is 32.1. The van der Waals surface area contributed by atoms with Crippen molar-refractivity contribution in [3.63, 3.8) is 0 Å². The normalized spacial score (nSPS) is 10.8. The third-order valence-electron chi connectivity index (χ3n) is 3.02. The Balaban J connectivity index is 1.90. The number of nitrogen functional groups attached to an aromatic ring is 1. The highest BCUT2D eigenvalue weighted by molar-refractivity contribution is 7.21. The molecule has 6 heteroatoms. The van der Waals surface area contributed by atoms with Crippen molar-refractivity contribution in [2.45, 2.75) is 6.54 Å². The van der Waals surface area contributed by atoms with Gasteiger partial charge in [0.15, 0.2) is 0 Å². The molecule has 0 saturated heterocycles. The molecule has 0 spiro atoms. The van der Waals surface area contributed by atoms with Gasteiger partial charge in [-0.15, -0.1) is 11.3 Å². The Bertz CT molecular complexity index is 749. The Labute approximate surface area is 124 Å². The van der Waals surface area contributed by atoms with Crippen LogP contribution >= 0.6 is 22.7 Å². The molecule has 3 rings (SSSR count). The van der Waals surface area contributed by atoms with Crippen LogP contribution in [-0.4, -0.2) is 22.8 Å². The smallest absolute Gasteiger partial charge is 0.266 e. The van der Waals surface area contributed by atoms with E-state index in [9.17, 15) is 4.79 Å². The van der Waals surface area contributed by atoms with Crippen LogP contribution in [0.5, 0.6) is 0 Å². The zero-order valence-corrected chi connectivity index (χ0v) is 12.5. The monoisotopic (exact) mass is 303 g/mol. The molecule has 0 aliphatic carbocycles. The maximum atomic E-state index is 12.5. The van der Waals surface area contributed by atoms with Crippen molar-refractivity contribution in [2.75, 3.05) is 12.8 Å². The van der Waals surface area contributed by atoms with Gasteiger partial charge in [0.05, 0.1) is 10.4 Å². The fourth-order valence-electron chi connectivity index (χ4n) is 2.01. The number of rotatable bonds is 3. The Kier molecular flexibility index (Phi) is 3.42. The van der Waals surface area contributed by atoms with E-state index in [1.54, 1.807) is 29.5 Å². The van der Waals surface area contributed by atoms with Crippen molar-refractivity contribution >= 4 is 44.5 Å². The molecule has 1 amide bonds. The van der Waals surface area contributed by atoms with Gasteiger partial charge < -0.3 is 10.6 Å². The fourth-order valence-corrected chi connectivity index (χ4v) is 3.74. The van der Waals surface area contributed by atoms with Crippen molar-refractivity contribution in [1.29, 1.82) is 0 Å².